The Morgan fingerprint density at radius 3 is 2.53 bits per heavy atom. The predicted molar refractivity (Wildman–Crippen MR) is 129 cm³/mol. The fourth-order valence-corrected chi connectivity index (χ4v) is 5.53. The van der Waals surface area contributed by atoms with Gasteiger partial charge in [-0.15, -0.1) is 0 Å². The fraction of sp³-hybridized carbons (Fsp3) is 0.385. The number of carbonyl (C=O) groups is 1. The van der Waals surface area contributed by atoms with E-state index in [0.717, 1.165) is 6.42 Å². The first-order chi connectivity index (χ1) is 15.6. The largest absolute Gasteiger partial charge is 0.352 e. The average Bonchev–Trinajstić information content (AvgIpc) is 2.83. The van der Waals surface area contributed by atoms with Gasteiger partial charge >= 0.3 is 0 Å². The second-order valence-corrected chi connectivity index (χ2v) is 9.39. The molecule has 1 aromatic heterocycles. The van der Waals surface area contributed by atoms with Crippen LogP contribution in [0.5, 0.6) is 0 Å². The van der Waals surface area contributed by atoms with Gasteiger partial charge in [0.15, 0.2) is 0 Å². The number of fused-ring (bicyclic) bond motifs is 2. The first kappa shape index (κ1) is 21.2. The molecule has 2 atom stereocenters. The quantitative estimate of drug-likeness (QED) is 0.631. The van der Waals surface area contributed by atoms with Gasteiger partial charge in [0.25, 0.3) is 11.5 Å². The third-order valence-electron chi connectivity index (χ3n) is 7.03. The van der Waals surface area contributed by atoms with E-state index < -0.39 is 0 Å². The molecule has 3 aromatic rings. The monoisotopic (exact) mass is 449 g/mol. The van der Waals surface area contributed by atoms with E-state index in [2.05, 4.69) is 10.2 Å². The van der Waals surface area contributed by atoms with E-state index in [0.29, 0.717) is 45.6 Å². The molecule has 1 N–H and O–H groups in total. The van der Waals surface area contributed by atoms with Crippen LogP contribution in [0.1, 0.15) is 42.5 Å². The maximum Gasteiger partial charge on any atom is 0.262 e. The van der Waals surface area contributed by atoms with Crippen LogP contribution in [0.25, 0.3) is 16.5 Å². The zero-order chi connectivity index (χ0) is 22.1. The summed E-state index contributed by atoms with van der Waals surface area (Å²) in [5.41, 5.74) is 1.06. The summed E-state index contributed by atoms with van der Waals surface area (Å²) < 4.78 is 1.54. The fourth-order valence-electron chi connectivity index (χ4n) is 5.40. The summed E-state index contributed by atoms with van der Waals surface area (Å²) in [5.74, 6) is 0.360. The number of nitrogens with one attached hydrogen (secondary N) is 1. The first-order valence-corrected chi connectivity index (χ1v) is 11.9. The van der Waals surface area contributed by atoms with Gasteiger partial charge in [-0.1, -0.05) is 36.2 Å². The lowest BCUT2D eigenvalue weighted by atomic mass is 9.83. The second kappa shape index (κ2) is 9.08. The normalized spacial score (nSPS) is 21.3. The van der Waals surface area contributed by atoms with Gasteiger partial charge < -0.3 is 10.2 Å². The summed E-state index contributed by atoms with van der Waals surface area (Å²) >= 11 is 6.02. The maximum absolute atomic E-state index is 13.3. The molecule has 0 spiro atoms. The molecule has 0 radical (unpaired) electrons. The number of rotatable bonds is 4. The molecule has 2 saturated heterocycles. The first-order valence-electron chi connectivity index (χ1n) is 11.5. The van der Waals surface area contributed by atoms with Crippen molar-refractivity contribution in [2.45, 2.75) is 38.1 Å². The van der Waals surface area contributed by atoms with E-state index in [9.17, 15) is 9.59 Å². The molecule has 2 aliphatic heterocycles. The summed E-state index contributed by atoms with van der Waals surface area (Å²) in [6, 6.07) is 15.0. The SMILES string of the molecule is O=C(NCC1CCCN2CCCCC12)c1cn(-c2ccc(Cl)cc2)c(=O)c2ccccc12. The number of nitrogens with zero attached hydrogens (tertiary/aromatic N) is 2. The zero-order valence-electron chi connectivity index (χ0n) is 18.1. The smallest absolute Gasteiger partial charge is 0.262 e. The Kier molecular flexibility index (Phi) is 6.03. The number of piperidine rings is 2. The molecule has 5 rings (SSSR count). The van der Waals surface area contributed by atoms with E-state index in [-0.39, 0.29) is 11.5 Å². The van der Waals surface area contributed by atoms with Crippen LogP contribution in [0.15, 0.2) is 59.5 Å². The molecule has 2 unspecified atom stereocenters. The van der Waals surface area contributed by atoms with Gasteiger partial charge in [0.2, 0.25) is 0 Å². The van der Waals surface area contributed by atoms with E-state index in [1.54, 1.807) is 36.5 Å². The molecule has 0 saturated carbocycles. The Hall–Kier alpha value is -2.63. The van der Waals surface area contributed by atoms with Crippen molar-refractivity contribution in [3.8, 4) is 5.69 Å². The molecular weight excluding hydrogens is 422 g/mol. The standard InChI is InChI=1S/C26H28ClN3O2/c27-19-10-12-20(13-11-19)30-17-23(21-7-1-2-8-22(21)26(30)32)25(31)28-16-18-6-5-15-29-14-4-3-9-24(18)29/h1-2,7-8,10-13,17-18,24H,3-6,9,14-16H2,(H,28,31). The Morgan fingerprint density at radius 2 is 1.72 bits per heavy atom. The number of hydrogen-bond donors (Lipinski definition) is 1. The highest BCUT2D eigenvalue weighted by molar-refractivity contribution is 6.30. The van der Waals surface area contributed by atoms with Crippen molar-refractivity contribution in [2.75, 3.05) is 19.6 Å². The zero-order valence-corrected chi connectivity index (χ0v) is 18.9. The Balaban J connectivity index is 1.45. The van der Waals surface area contributed by atoms with Crippen LogP contribution in [0, 0.1) is 5.92 Å². The van der Waals surface area contributed by atoms with Crippen LogP contribution in [0.3, 0.4) is 0 Å². The number of halogens is 1. The van der Waals surface area contributed by atoms with Crippen molar-refractivity contribution < 1.29 is 4.79 Å². The van der Waals surface area contributed by atoms with Crippen molar-refractivity contribution in [3.63, 3.8) is 0 Å². The minimum atomic E-state index is -0.149. The summed E-state index contributed by atoms with van der Waals surface area (Å²) in [6.45, 7) is 3.05. The maximum atomic E-state index is 13.3. The van der Waals surface area contributed by atoms with Gasteiger partial charge in [-0.25, -0.2) is 0 Å². The van der Waals surface area contributed by atoms with Crippen molar-refractivity contribution in [2.24, 2.45) is 5.92 Å². The molecule has 2 fully saturated rings. The van der Waals surface area contributed by atoms with Gasteiger partial charge in [-0.05, 0) is 75.0 Å². The van der Waals surface area contributed by atoms with E-state index >= 15 is 0 Å². The van der Waals surface area contributed by atoms with Crippen molar-refractivity contribution in [1.29, 1.82) is 0 Å². The Labute approximate surface area is 193 Å². The minimum absolute atomic E-state index is 0.128. The van der Waals surface area contributed by atoms with Crippen LogP contribution in [0.2, 0.25) is 5.02 Å². The van der Waals surface area contributed by atoms with Gasteiger partial charge in [0.05, 0.1) is 5.56 Å². The summed E-state index contributed by atoms with van der Waals surface area (Å²) in [7, 11) is 0. The molecule has 2 aromatic carbocycles. The lowest BCUT2D eigenvalue weighted by Gasteiger charge is -2.44. The van der Waals surface area contributed by atoms with Crippen LogP contribution >= 0.6 is 11.6 Å². The summed E-state index contributed by atoms with van der Waals surface area (Å²) in [5, 5.41) is 5.02. The molecule has 5 nitrogen and oxygen atoms in total. The van der Waals surface area contributed by atoms with Crippen molar-refractivity contribution in [3.05, 3.63) is 75.7 Å². The van der Waals surface area contributed by atoms with Crippen molar-refractivity contribution >= 4 is 28.3 Å². The lowest BCUT2D eigenvalue weighted by Crippen LogP contribution is -2.51. The topological polar surface area (TPSA) is 54.3 Å². The highest BCUT2D eigenvalue weighted by Gasteiger charge is 2.33. The Morgan fingerprint density at radius 1 is 0.969 bits per heavy atom. The van der Waals surface area contributed by atoms with Gasteiger partial charge in [-0.3, -0.25) is 14.2 Å². The average molecular weight is 450 g/mol. The molecule has 0 aliphatic carbocycles. The second-order valence-electron chi connectivity index (χ2n) is 8.95. The molecule has 0 bridgehead atoms. The molecule has 32 heavy (non-hydrogen) atoms. The van der Waals surface area contributed by atoms with Crippen LogP contribution in [-0.4, -0.2) is 41.1 Å². The van der Waals surface area contributed by atoms with Crippen LogP contribution in [-0.2, 0) is 0 Å². The number of pyridine rings is 1. The molecule has 3 heterocycles. The minimum Gasteiger partial charge on any atom is -0.352 e. The molecular formula is C26H28ClN3O2. The third-order valence-corrected chi connectivity index (χ3v) is 7.28. The number of aromatic nitrogens is 1. The number of amides is 1. The summed E-state index contributed by atoms with van der Waals surface area (Å²) in [4.78, 5) is 29.1. The number of carbonyl (C=O) groups excluding carboxylic acids is 1. The third kappa shape index (κ3) is 4.07. The molecule has 2 aliphatic rings. The number of benzene rings is 2. The highest BCUT2D eigenvalue weighted by atomic mass is 35.5. The molecule has 6 heteroatoms. The molecule has 1 amide bonds. The summed E-state index contributed by atoms with van der Waals surface area (Å²) in [6.07, 6.45) is 7.81. The van der Waals surface area contributed by atoms with Crippen LogP contribution < -0.4 is 10.9 Å². The lowest BCUT2D eigenvalue weighted by molar-refractivity contribution is 0.0576. The van der Waals surface area contributed by atoms with Crippen LogP contribution in [0.4, 0.5) is 0 Å². The van der Waals surface area contributed by atoms with Gasteiger partial charge in [-0.2, -0.15) is 0 Å². The highest BCUT2D eigenvalue weighted by Crippen LogP contribution is 2.30. The van der Waals surface area contributed by atoms with E-state index in [4.69, 9.17) is 11.6 Å². The van der Waals surface area contributed by atoms with Gasteiger partial charge in [0.1, 0.15) is 0 Å². The van der Waals surface area contributed by atoms with Crippen molar-refractivity contribution in [1.82, 2.24) is 14.8 Å². The van der Waals surface area contributed by atoms with E-state index in [1.807, 2.05) is 18.2 Å². The molecule has 166 valence electrons. The van der Waals surface area contributed by atoms with Gasteiger partial charge in [0, 0.05) is 40.3 Å². The Bertz CT molecular complexity index is 1190. The predicted octanol–water partition coefficient (Wildman–Crippen LogP) is 4.64. The van der Waals surface area contributed by atoms with E-state index in [1.165, 1.54) is 43.3 Å². The number of hydrogen-bond acceptors (Lipinski definition) is 3.